The zero-order valence-corrected chi connectivity index (χ0v) is 12.9. The smallest absolute Gasteiger partial charge is 0.277 e. The standard InChI is InChI=1S/C15H12ClFN4O3/c16-10-6-9(17)3-4-11(10)18-15(23)12-7-21(20-19-12)8-13(22)14-2-1-5-24-14/h1-7,13,22H,8H2,(H,18,23). The van der Waals surface area contributed by atoms with Gasteiger partial charge >= 0.3 is 0 Å². The first kappa shape index (κ1) is 16.2. The Hall–Kier alpha value is -2.71. The fraction of sp³-hybridized carbons (Fsp3) is 0.133. The Morgan fingerprint density at radius 3 is 3.00 bits per heavy atom. The summed E-state index contributed by atoms with van der Waals surface area (Å²) >= 11 is 5.85. The summed E-state index contributed by atoms with van der Waals surface area (Å²) in [5.41, 5.74) is 0.287. The molecule has 9 heteroatoms. The number of rotatable bonds is 5. The van der Waals surface area contributed by atoms with Crippen molar-refractivity contribution >= 4 is 23.2 Å². The molecule has 0 saturated heterocycles. The van der Waals surface area contributed by atoms with Crippen LogP contribution in [0.4, 0.5) is 10.1 Å². The first-order valence-corrected chi connectivity index (χ1v) is 7.29. The molecule has 3 rings (SSSR count). The molecule has 0 aliphatic carbocycles. The van der Waals surface area contributed by atoms with Gasteiger partial charge in [0.25, 0.3) is 5.91 Å². The molecule has 3 aromatic rings. The van der Waals surface area contributed by atoms with Gasteiger partial charge in [-0.1, -0.05) is 16.8 Å². The van der Waals surface area contributed by atoms with E-state index in [1.54, 1.807) is 12.1 Å². The molecular weight excluding hydrogens is 339 g/mol. The van der Waals surface area contributed by atoms with Crippen molar-refractivity contribution in [3.05, 3.63) is 65.1 Å². The number of halogens is 2. The zero-order chi connectivity index (χ0) is 17.1. The third-order valence-electron chi connectivity index (χ3n) is 3.18. The number of nitrogens with one attached hydrogen (secondary N) is 1. The maximum absolute atomic E-state index is 13.0. The van der Waals surface area contributed by atoms with Crippen molar-refractivity contribution in [2.24, 2.45) is 0 Å². The first-order chi connectivity index (χ1) is 11.5. The lowest BCUT2D eigenvalue weighted by Gasteiger charge is -2.06. The fourth-order valence-electron chi connectivity index (χ4n) is 2.02. The molecule has 124 valence electrons. The van der Waals surface area contributed by atoms with E-state index in [-0.39, 0.29) is 22.9 Å². The van der Waals surface area contributed by atoms with Gasteiger partial charge in [0.1, 0.15) is 17.7 Å². The highest BCUT2D eigenvalue weighted by Crippen LogP contribution is 2.23. The van der Waals surface area contributed by atoms with Gasteiger partial charge < -0.3 is 14.8 Å². The first-order valence-electron chi connectivity index (χ1n) is 6.91. The quantitative estimate of drug-likeness (QED) is 0.738. The van der Waals surface area contributed by atoms with E-state index >= 15 is 0 Å². The molecule has 2 heterocycles. The topological polar surface area (TPSA) is 93.2 Å². The van der Waals surface area contributed by atoms with Crippen LogP contribution in [0.3, 0.4) is 0 Å². The maximum atomic E-state index is 13.0. The summed E-state index contributed by atoms with van der Waals surface area (Å²) in [6, 6.07) is 6.91. The van der Waals surface area contributed by atoms with Crippen LogP contribution in [-0.2, 0) is 6.54 Å². The molecule has 0 aliphatic rings. The minimum atomic E-state index is -0.913. The summed E-state index contributed by atoms with van der Waals surface area (Å²) in [7, 11) is 0. The van der Waals surface area contributed by atoms with E-state index in [0.29, 0.717) is 5.76 Å². The average Bonchev–Trinajstić information content (AvgIpc) is 3.21. The van der Waals surface area contributed by atoms with E-state index in [1.807, 2.05) is 0 Å². The molecule has 24 heavy (non-hydrogen) atoms. The summed E-state index contributed by atoms with van der Waals surface area (Å²) in [5, 5.41) is 20.1. The molecule has 7 nitrogen and oxygen atoms in total. The molecule has 1 unspecified atom stereocenters. The van der Waals surface area contributed by atoms with Gasteiger partial charge in [-0.25, -0.2) is 9.07 Å². The van der Waals surface area contributed by atoms with Crippen LogP contribution < -0.4 is 5.32 Å². The second-order valence-electron chi connectivity index (χ2n) is 4.94. The number of aromatic nitrogens is 3. The van der Waals surface area contributed by atoms with Crippen LogP contribution in [0.25, 0.3) is 0 Å². The van der Waals surface area contributed by atoms with Crippen molar-refractivity contribution < 1.29 is 18.7 Å². The van der Waals surface area contributed by atoms with E-state index < -0.39 is 17.8 Å². The lowest BCUT2D eigenvalue weighted by Crippen LogP contribution is -2.13. The molecule has 1 aromatic carbocycles. The van der Waals surface area contributed by atoms with Crippen molar-refractivity contribution in [2.45, 2.75) is 12.6 Å². The van der Waals surface area contributed by atoms with Crippen molar-refractivity contribution in [1.82, 2.24) is 15.0 Å². The number of benzene rings is 1. The second-order valence-corrected chi connectivity index (χ2v) is 5.34. The Morgan fingerprint density at radius 1 is 1.46 bits per heavy atom. The number of aliphatic hydroxyl groups excluding tert-OH is 1. The molecule has 0 saturated carbocycles. The van der Waals surface area contributed by atoms with Crippen LogP contribution in [0.1, 0.15) is 22.4 Å². The van der Waals surface area contributed by atoms with Gasteiger partial charge in [-0.15, -0.1) is 5.10 Å². The number of anilines is 1. The van der Waals surface area contributed by atoms with Crippen molar-refractivity contribution in [1.29, 1.82) is 0 Å². The van der Waals surface area contributed by atoms with Gasteiger partial charge in [0, 0.05) is 0 Å². The van der Waals surface area contributed by atoms with E-state index in [9.17, 15) is 14.3 Å². The molecule has 0 spiro atoms. The normalized spacial score (nSPS) is 12.1. The van der Waals surface area contributed by atoms with E-state index in [0.717, 1.165) is 6.07 Å². The molecule has 2 aromatic heterocycles. The Morgan fingerprint density at radius 2 is 2.29 bits per heavy atom. The van der Waals surface area contributed by atoms with Crippen molar-refractivity contribution in [3.8, 4) is 0 Å². The summed E-state index contributed by atoms with van der Waals surface area (Å²) in [6.45, 7) is 0.0745. The largest absolute Gasteiger partial charge is 0.467 e. The van der Waals surface area contributed by atoms with Gasteiger partial charge in [0.2, 0.25) is 0 Å². The highest BCUT2D eigenvalue weighted by Gasteiger charge is 2.16. The number of nitrogens with zero attached hydrogens (tertiary/aromatic N) is 3. The van der Waals surface area contributed by atoms with Gasteiger partial charge in [-0.05, 0) is 30.3 Å². The molecule has 0 bridgehead atoms. The lowest BCUT2D eigenvalue weighted by molar-refractivity contribution is 0.102. The van der Waals surface area contributed by atoms with Gasteiger partial charge in [-0.2, -0.15) is 0 Å². The van der Waals surface area contributed by atoms with Crippen LogP contribution in [0.15, 0.2) is 47.2 Å². The zero-order valence-electron chi connectivity index (χ0n) is 12.2. The van der Waals surface area contributed by atoms with Gasteiger partial charge in [-0.3, -0.25) is 4.79 Å². The molecular formula is C15H12ClFN4O3. The highest BCUT2D eigenvalue weighted by molar-refractivity contribution is 6.33. The Balaban J connectivity index is 1.67. The number of hydrogen-bond donors (Lipinski definition) is 2. The Kier molecular flexibility index (Phi) is 4.59. The summed E-state index contributed by atoms with van der Waals surface area (Å²) < 4.78 is 19.4. The van der Waals surface area contributed by atoms with Gasteiger partial charge in [0.15, 0.2) is 5.69 Å². The Bertz CT molecular complexity index is 850. The number of carbonyl (C=O) groups excluding carboxylic acids is 1. The van der Waals surface area contributed by atoms with Crippen LogP contribution in [0.5, 0.6) is 0 Å². The van der Waals surface area contributed by atoms with E-state index in [2.05, 4.69) is 15.6 Å². The molecule has 0 aliphatic heterocycles. The number of hydrogen-bond acceptors (Lipinski definition) is 5. The summed E-state index contributed by atoms with van der Waals surface area (Å²) in [6.07, 6.45) is 1.91. The maximum Gasteiger partial charge on any atom is 0.277 e. The summed E-state index contributed by atoms with van der Waals surface area (Å²) in [4.78, 5) is 12.1. The van der Waals surface area contributed by atoms with Gasteiger partial charge in [0.05, 0.1) is 29.7 Å². The average molecular weight is 351 g/mol. The van der Waals surface area contributed by atoms with Crippen molar-refractivity contribution in [2.75, 3.05) is 5.32 Å². The SMILES string of the molecule is O=C(Nc1ccc(F)cc1Cl)c1cn(CC(O)c2ccco2)nn1. The van der Waals surface area contributed by atoms with Crippen LogP contribution in [0, 0.1) is 5.82 Å². The molecule has 1 atom stereocenters. The predicted molar refractivity (Wildman–Crippen MR) is 83.1 cm³/mol. The molecule has 1 amide bonds. The van der Waals surface area contributed by atoms with E-state index in [4.69, 9.17) is 16.0 Å². The minimum Gasteiger partial charge on any atom is -0.467 e. The number of amides is 1. The van der Waals surface area contributed by atoms with E-state index in [1.165, 1.54) is 29.3 Å². The Labute approximate surface area is 140 Å². The predicted octanol–water partition coefficient (Wildman–Crippen LogP) is 2.65. The highest BCUT2D eigenvalue weighted by atomic mass is 35.5. The molecule has 0 radical (unpaired) electrons. The third-order valence-corrected chi connectivity index (χ3v) is 3.49. The number of aliphatic hydroxyl groups is 1. The monoisotopic (exact) mass is 350 g/mol. The molecule has 2 N–H and O–H groups in total. The minimum absolute atomic E-state index is 0.0297. The number of carbonyl (C=O) groups is 1. The lowest BCUT2D eigenvalue weighted by atomic mass is 10.3. The second kappa shape index (κ2) is 6.81. The van der Waals surface area contributed by atoms with Crippen LogP contribution in [-0.4, -0.2) is 26.0 Å². The van der Waals surface area contributed by atoms with Crippen LogP contribution in [0.2, 0.25) is 5.02 Å². The van der Waals surface area contributed by atoms with Crippen molar-refractivity contribution in [3.63, 3.8) is 0 Å². The third kappa shape index (κ3) is 3.61. The number of furan rings is 1. The summed E-state index contributed by atoms with van der Waals surface area (Å²) in [5.74, 6) is -0.673. The van der Waals surface area contributed by atoms with Crippen LogP contribution >= 0.6 is 11.6 Å². The molecule has 0 fully saturated rings. The fourth-order valence-corrected chi connectivity index (χ4v) is 2.23.